The first-order valence-corrected chi connectivity index (χ1v) is 7.96. The molecule has 0 bridgehead atoms. The third kappa shape index (κ3) is 9.52. The van der Waals surface area contributed by atoms with Crippen LogP contribution in [0.25, 0.3) is 0 Å². The van der Waals surface area contributed by atoms with Crippen molar-refractivity contribution in [2.45, 2.75) is 33.1 Å². The summed E-state index contributed by atoms with van der Waals surface area (Å²) in [5, 5.41) is 0. The van der Waals surface area contributed by atoms with Crippen molar-refractivity contribution in [2.24, 2.45) is 11.7 Å². The van der Waals surface area contributed by atoms with Crippen molar-refractivity contribution in [3.63, 3.8) is 0 Å². The van der Waals surface area contributed by atoms with Gasteiger partial charge in [0.05, 0.1) is 12.4 Å². The first-order chi connectivity index (χ1) is 8.05. The van der Waals surface area contributed by atoms with Gasteiger partial charge in [0, 0.05) is 13.2 Å². The lowest BCUT2D eigenvalue weighted by Gasteiger charge is -2.16. The van der Waals surface area contributed by atoms with Crippen LogP contribution in [0.15, 0.2) is 0 Å². The Bertz CT molecular complexity index is 262. The Hall–Kier alpha value is -0.170. The molecule has 6 heteroatoms. The first-order valence-electron chi connectivity index (χ1n) is 6.30. The number of hydrogen-bond acceptors (Lipinski definition) is 4. The lowest BCUT2D eigenvalue weighted by atomic mass is 10.0. The molecule has 5 nitrogen and oxygen atoms in total. The summed E-state index contributed by atoms with van der Waals surface area (Å²) in [4.78, 5) is 0. The van der Waals surface area contributed by atoms with Crippen LogP contribution in [0.4, 0.5) is 0 Å². The van der Waals surface area contributed by atoms with Crippen molar-refractivity contribution in [3.8, 4) is 0 Å². The van der Waals surface area contributed by atoms with E-state index in [1.165, 1.54) is 0 Å². The third-order valence-electron chi connectivity index (χ3n) is 2.56. The van der Waals surface area contributed by atoms with E-state index < -0.39 is 10.0 Å². The first kappa shape index (κ1) is 16.8. The van der Waals surface area contributed by atoms with E-state index in [1.807, 2.05) is 6.92 Å². The minimum atomic E-state index is -3.20. The zero-order valence-corrected chi connectivity index (χ0v) is 11.8. The second-order valence-corrected chi connectivity index (χ2v) is 6.02. The number of ether oxygens (including phenoxy) is 1. The highest BCUT2D eigenvalue weighted by molar-refractivity contribution is 7.89. The van der Waals surface area contributed by atoms with Crippen LogP contribution < -0.4 is 10.5 Å². The molecule has 0 fully saturated rings. The van der Waals surface area contributed by atoms with E-state index in [0.29, 0.717) is 25.6 Å². The van der Waals surface area contributed by atoms with E-state index >= 15 is 0 Å². The topological polar surface area (TPSA) is 81.4 Å². The van der Waals surface area contributed by atoms with Crippen LogP contribution in [-0.4, -0.2) is 40.5 Å². The van der Waals surface area contributed by atoms with Crippen LogP contribution in [0.1, 0.15) is 33.1 Å². The normalized spacial score (nSPS) is 13.8. The van der Waals surface area contributed by atoms with Crippen LogP contribution >= 0.6 is 0 Å². The lowest BCUT2D eigenvalue weighted by molar-refractivity contribution is 0.163. The van der Waals surface area contributed by atoms with Gasteiger partial charge in [-0.25, -0.2) is 13.1 Å². The fourth-order valence-corrected chi connectivity index (χ4v) is 2.59. The molecule has 3 N–H and O–H groups in total. The van der Waals surface area contributed by atoms with Crippen LogP contribution in [-0.2, 0) is 14.8 Å². The summed E-state index contributed by atoms with van der Waals surface area (Å²) in [5.74, 6) is 0.370. The Kier molecular flexibility index (Phi) is 9.72. The molecular formula is C11H26N2O3S. The van der Waals surface area contributed by atoms with Crippen molar-refractivity contribution in [1.82, 2.24) is 4.72 Å². The van der Waals surface area contributed by atoms with Gasteiger partial charge >= 0.3 is 0 Å². The average Bonchev–Trinajstić information content (AvgIpc) is 2.27. The van der Waals surface area contributed by atoms with Gasteiger partial charge in [-0.2, -0.15) is 0 Å². The minimum Gasteiger partial charge on any atom is -0.381 e. The molecule has 1 atom stereocenters. The molecule has 0 spiro atoms. The van der Waals surface area contributed by atoms with Crippen LogP contribution in [0, 0.1) is 5.92 Å². The predicted molar refractivity (Wildman–Crippen MR) is 70.4 cm³/mol. The Balaban J connectivity index is 3.95. The highest BCUT2D eigenvalue weighted by atomic mass is 32.2. The second-order valence-electron chi connectivity index (χ2n) is 4.10. The molecule has 17 heavy (non-hydrogen) atoms. The highest BCUT2D eigenvalue weighted by Crippen LogP contribution is 2.09. The SMILES string of the molecule is CCCC(CCN)CNS(=O)(=O)CCOCC. The molecule has 1 unspecified atom stereocenters. The molecule has 0 aromatic rings. The Morgan fingerprint density at radius 3 is 2.53 bits per heavy atom. The zero-order valence-electron chi connectivity index (χ0n) is 10.9. The molecule has 0 aliphatic heterocycles. The number of nitrogens with one attached hydrogen (secondary N) is 1. The molecule has 0 saturated heterocycles. The lowest BCUT2D eigenvalue weighted by Crippen LogP contribution is -2.33. The molecule has 0 aromatic carbocycles. The number of sulfonamides is 1. The molecule has 0 saturated carbocycles. The molecule has 0 amide bonds. The summed E-state index contributed by atoms with van der Waals surface area (Å²) >= 11 is 0. The largest absolute Gasteiger partial charge is 0.381 e. The van der Waals surface area contributed by atoms with Crippen LogP contribution in [0.2, 0.25) is 0 Å². The molecule has 0 heterocycles. The zero-order chi connectivity index (χ0) is 13.1. The number of rotatable bonds is 11. The van der Waals surface area contributed by atoms with Gasteiger partial charge in [-0.05, 0) is 32.2 Å². The molecule has 0 aromatic heterocycles. The van der Waals surface area contributed by atoms with Crippen molar-refractivity contribution in [3.05, 3.63) is 0 Å². The molecule has 0 aliphatic carbocycles. The van der Waals surface area contributed by atoms with Crippen LogP contribution in [0.5, 0.6) is 0 Å². The van der Waals surface area contributed by atoms with E-state index in [2.05, 4.69) is 11.6 Å². The highest BCUT2D eigenvalue weighted by Gasteiger charge is 2.13. The Morgan fingerprint density at radius 1 is 1.29 bits per heavy atom. The summed E-state index contributed by atoms with van der Waals surface area (Å²) in [5.41, 5.74) is 5.50. The monoisotopic (exact) mass is 266 g/mol. The molecular weight excluding hydrogens is 240 g/mol. The predicted octanol–water partition coefficient (Wildman–Crippen LogP) is 0.707. The van der Waals surface area contributed by atoms with Crippen LogP contribution in [0.3, 0.4) is 0 Å². The second kappa shape index (κ2) is 9.82. The molecule has 0 aliphatic rings. The number of hydrogen-bond donors (Lipinski definition) is 2. The van der Waals surface area contributed by atoms with Gasteiger partial charge in [-0.1, -0.05) is 13.3 Å². The summed E-state index contributed by atoms with van der Waals surface area (Å²) in [6.45, 7) is 5.82. The van der Waals surface area contributed by atoms with Gasteiger partial charge in [0.15, 0.2) is 0 Å². The summed E-state index contributed by atoms with van der Waals surface area (Å²) in [6.07, 6.45) is 2.92. The van der Waals surface area contributed by atoms with Gasteiger partial charge in [-0.15, -0.1) is 0 Å². The van der Waals surface area contributed by atoms with E-state index in [1.54, 1.807) is 0 Å². The van der Waals surface area contributed by atoms with Crippen molar-refractivity contribution < 1.29 is 13.2 Å². The fraction of sp³-hybridized carbons (Fsp3) is 1.00. The van der Waals surface area contributed by atoms with E-state index in [-0.39, 0.29) is 12.4 Å². The fourth-order valence-electron chi connectivity index (χ4n) is 1.62. The van der Waals surface area contributed by atoms with Gasteiger partial charge in [-0.3, -0.25) is 0 Å². The quantitative estimate of drug-likeness (QED) is 0.540. The number of nitrogens with two attached hydrogens (primary N) is 1. The standard InChI is InChI=1S/C11H26N2O3S/c1-3-5-11(6-7-12)10-13-17(14,15)9-8-16-4-2/h11,13H,3-10,12H2,1-2H3. The third-order valence-corrected chi connectivity index (χ3v) is 3.87. The maximum atomic E-state index is 11.6. The average molecular weight is 266 g/mol. The van der Waals surface area contributed by atoms with E-state index in [9.17, 15) is 8.42 Å². The van der Waals surface area contributed by atoms with Gasteiger partial charge in [0.1, 0.15) is 0 Å². The molecule has 104 valence electrons. The van der Waals surface area contributed by atoms with Gasteiger partial charge < -0.3 is 10.5 Å². The molecule has 0 radical (unpaired) electrons. The van der Waals surface area contributed by atoms with Crippen molar-refractivity contribution in [2.75, 3.05) is 32.1 Å². The summed E-state index contributed by atoms with van der Waals surface area (Å²) < 4.78 is 30.8. The van der Waals surface area contributed by atoms with E-state index in [0.717, 1.165) is 19.3 Å². The molecule has 0 rings (SSSR count). The minimum absolute atomic E-state index is 0.0301. The Labute approximate surface area is 105 Å². The van der Waals surface area contributed by atoms with Crippen molar-refractivity contribution in [1.29, 1.82) is 0 Å². The van der Waals surface area contributed by atoms with E-state index in [4.69, 9.17) is 10.5 Å². The maximum Gasteiger partial charge on any atom is 0.213 e. The summed E-state index contributed by atoms with van der Waals surface area (Å²) in [7, 11) is -3.20. The van der Waals surface area contributed by atoms with Gasteiger partial charge in [0.25, 0.3) is 0 Å². The smallest absolute Gasteiger partial charge is 0.213 e. The van der Waals surface area contributed by atoms with Gasteiger partial charge in [0.2, 0.25) is 10.0 Å². The summed E-state index contributed by atoms with van der Waals surface area (Å²) in [6, 6.07) is 0. The Morgan fingerprint density at radius 2 is 2.00 bits per heavy atom. The maximum absolute atomic E-state index is 11.6. The van der Waals surface area contributed by atoms with Crippen molar-refractivity contribution >= 4 is 10.0 Å².